The molecule has 6 heteroatoms. The summed E-state index contributed by atoms with van der Waals surface area (Å²) in [6.45, 7) is 0. The van der Waals surface area contributed by atoms with Gasteiger partial charge in [0.2, 0.25) is 0 Å². The number of benzene rings is 1. The largest absolute Gasteiger partial charge is 0.243 e. The quantitative estimate of drug-likeness (QED) is 0.577. The highest BCUT2D eigenvalue weighted by atomic mass is 19.2. The smallest absolute Gasteiger partial charge is 0.176 e. The molecule has 0 aliphatic carbocycles. The number of hydrogen-bond donors (Lipinski definition) is 0. The van der Waals surface area contributed by atoms with Gasteiger partial charge in [0.05, 0.1) is 0 Å². The van der Waals surface area contributed by atoms with Gasteiger partial charge in [-0.15, -0.1) is 0 Å². The zero-order valence-electron chi connectivity index (χ0n) is 8.72. The lowest BCUT2D eigenvalue weighted by molar-refractivity contribution is 0.496. The minimum absolute atomic E-state index is 0.350. The fraction of sp³-hybridized carbons (Fsp3) is 0. The van der Waals surface area contributed by atoms with Crippen LogP contribution in [0.5, 0.6) is 0 Å². The highest BCUT2D eigenvalue weighted by molar-refractivity contribution is 5.66. The molecule has 0 aliphatic rings. The summed E-state index contributed by atoms with van der Waals surface area (Å²) in [5.41, 5.74) is -1.59. The fourth-order valence-corrected chi connectivity index (χ4v) is 1.48. The summed E-state index contributed by atoms with van der Waals surface area (Å²) in [5, 5.41) is 8.57. The van der Waals surface area contributed by atoms with Crippen molar-refractivity contribution < 1.29 is 17.6 Å². The Labute approximate surface area is 99.1 Å². The van der Waals surface area contributed by atoms with E-state index in [0.717, 1.165) is 12.3 Å². The molecule has 0 amide bonds. The predicted octanol–water partition coefficient (Wildman–Crippen LogP) is 3.18. The molecule has 2 rings (SSSR count). The van der Waals surface area contributed by atoms with Crippen LogP contribution in [0.3, 0.4) is 0 Å². The van der Waals surface area contributed by atoms with E-state index in [9.17, 15) is 17.6 Å². The molecule has 0 aliphatic heterocycles. The zero-order valence-corrected chi connectivity index (χ0v) is 8.72. The lowest BCUT2D eigenvalue weighted by atomic mass is 10.0. The highest BCUT2D eigenvalue weighted by Crippen LogP contribution is 2.28. The number of aromatic nitrogens is 1. The van der Waals surface area contributed by atoms with Gasteiger partial charge in [-0.3, -0.25) is 0 Å². The summed E-state index contributed by atoms with van der Waals surface area (Å²) in [7, 11) is 0. The monoisotopic (exact) mass is 252 g/mol. The van der Waals surface area contributed by atoms with E-state index in [0.29, 0.717) is 12.1 Å². The first-order chi connectivity index (χ1) is 8.54. The maximum Gasteiger partial charge on any atom is 0.176 e. The number of rotatable bonds is 1. The standard InChI is InChI=1S/C12H4F4N2/c13-6-3-8(11(15)9(14)4-6)7-1-2-18-10(5-17)12(7)16/h1-4H. The van der Waals surface area contributed by atoms with Gasteiger partial charge in [0, 0.05) is 23.4 Å². The second-order valence-electron chi connectivity index (χ2n) is 3.38. The lowest BCUT2D eigenvalue weighted by Gasteiger charge is -2.06. The lowest BCUT2D eigenvalue weighted by Crippen LogP contribution is -1.97. The molecular weight excluding hydrogens is 248 g/mol. The van der Waals surface area contributed by atoms with E-state index in [2.05, 4.69) is 4.98 Å². The molecule has 0 spiro atoms. The van der Waals surface area contributed by atoms with E-state index in [-0.39, 0.29) is 0 Å². The van der Waals surface area contributed by atoms with Crippen LogP contribution in [0.4, 0.5) is 17.6 Å². The van der Waals surface area contributed by atoms with Crippen molar-refractivity contribution in [1.29, 1.82) is 5.26 Å². The van der Waals surface area contributed by atoms with Gasteiger partial charge in [-0.25, -0.2) is 22.5 Å². The van der Waals surface area contributed by atoms with E-state index in [1.807, 2.05) is 0 Å². The average Bonchev–Trinajstić information content (AvgIpc) is 2.34. The number of halogens is 4. The Morgan fingerprint density at radius 2 is 1.72 bits per heavy atom. The molecule has 2 nitrogen and oxygen atoms in total. The Balaban J connectivity index is 2.74. The first-order valence-corrected chi connectivity index (χ1v) is 4.74. The van der Waals surface area contributed by atoms with Gasteiger partial charge < -0.3 is 0 Å². The minimum Gasteiger partial charge on any atom is -0.243 e. The maximum atomic E-state index is 13.7. The maximum absolute atomic E-state index is 13.7. The van der Waals surface area contributed by atoms with E-state index >= 15 is 0 Å². The normalized spacial score (nSPS) is 10.2. The molecular formula is C12H4F4N2. The molecule has 0 saturated heterocycles. The number of nitriles is 1. The van der Waals surface area contributed by atoms with Crippen molar-refractivity contribution >= 4 is 0 Å². The Morgan fingerprint density at radius 1 is 1.00 bits per heavy atom. The molecule has 1 aromatic carbocycles. The van der Waals surface area contributed by atoms with Crippen LogP contribution >= 0.6 is 0 Å². The molecule has 2 aromatic rings. The first kappa shape index (κ1) is 12.0. The summed E-state index contributed by atoms with van der Waals surface area (Å²) in [6.07, 6.45) is 1.05. The second kappa shape index (κ2) is 4.45. The van der Waals surface area contributed by atoms with Crippen molar-refractivity contribution in [2.45, 2.75) is 0 Å². The van der Waals surface area contributed by atoms with Gasteiger partial charge >= 0.3 is 0 Å². The van der Waals surface area contributed by atoms with Gasteiger partial charge in [-0.05, 0) is 12.1 Å². The third-order valence-electron chi connectivity index (χ3n) is 2.28. The van der Waals surface area contributed by atoms with Crippen molar-refractivity contribution in [3.63, 3.8) is 0 Å². The minimum atomic E-state index is -1.43. The van der Waals surface area contributed by atoms with Crippen molar-refractivity contribution in [3.05, 3.63) is 53.4 Å². The van der Waals surface area contributed by atoms with Gasteiger partial charge in [-0.2, -0.15) is 5.26 Å². The number of nitrogens with zero attached hydrogens (tertiary/aromatic N) is 2. The van der Waals surface area contributed by atoms with E-state index in [4.69, 9.17) is 5.26 Å². The van der Waals surface area contributed by atoms with Crippen LogP contribution in [-0.4, -0.2) is 4.98 Å². The van der Waals surface area contributed by atoms with Crippen LogP contribution in [0.2, 0.25) is 0 Å². The number of hydrogen-bond acceptors (Lipinski definition) is 2. The van der Waals surface area contributed by atoms with Crippen LogP contribution in [0, 0.1) is 34.6 Å². The summed E-state index contributed by atoms with van der Waals surface area (Å²) in [5.74, 6) is -4.98. The van der Waals surface area contributed by atoms with E-state index < -0.39 is 40.1 Å². The van der Waals surface area contributed by atoms with Gasteiger partial charge in [0.15, 0.2) is 23.1 Å². The van der Waals surface area contributed by atoms with Gasteiger partial charge in [0.1, 0.15) is 11.9 Å². The molecule has 0 fully saturated rings. The van der Waals surface area contributed by atoms with Crippen molar-refractivity contribution in [2.75, 3.05) is 0 Å². The van der Waals surface area contributed by atoms with Gasteiger partial charge in [-0.1, -0.05) is 0 Å². The Bertz CT molecular complexity index is 662. The van der Waals surface area contributed by atoms with Crippen LogP contribution in [0.1, 0.15) is 5.69 Å². The Morgan fingerprint density at radius 3 is 2.39 bits per heavy atom. The molecule has 0 unspecified atom stereocenters. The Kier molecular flexibility index (Phi) is 2.98. The highest BCUT2D eigenvalue weighted by Gasteiger charge is 2.18. The summed E-state index contributed by atoms with van der Waals surface area (Å²) in [4.78, 5) is 3.41. The van der Waals surface area contributed by atoms with Crippen LogP contribution in [-0.2, 0) is 0 Å². The third-order valence-corrected chi connectivity index (χ3v) is 2.28. The van der Waals surface area contributed by atoms with Gasteiger partial charge in [0.25, 0.3) is 0 Å². The number of pyridine rings is 1. The summed E-state index contributed by atoms with van der Waals surface area (Å²) >= 11 is 0. The van der Waals surface area contributed by atoms with Crippen molar-refractivity contribution in [1.82, 2.24) is 4.98 Å². The molecule has 0 saturated carbocycles. The van der Waals surface area contributed by atoms with Crippen LogP contribution < -0.4 is 0 Å². The molecule has 1 aromatic heterocycles. The molecule has 0 radical (unpaired) electrons. The molecule has 0 atom stereocenters. The Hall–Kier alpha value is -2.42. The summed E-state index contributed by atoms with van der Waals surface area (Å²) in [6, 6.07) is 3.49. The fourth-order valence-electron chi connectivity index (χ4n) is 1.48. The second-order valence-corrected chi connectivity index (χ2v) is 3.38. The summed E-state index contributed by atoms with van der Waals surface area (Å²) < 4.78 is 53.2. The molecule has 0 bridgehead atoms. The SMILES string of the molecule is N#Cc1nccc(-c2cc(F)cc(F)c2F)c1F. The topological polar surface area (TPSA) is 36.7 Å². The van der Waals surface area contributed by atoms with Crippen LogP contribution in [0.15, 0.2) is 24.4 Å². The van der Waals surface area contributed by atoms with Crippen molar-refractivity contribution in [2.24, 2.45) is 0 Å². The molecule has 90 valence electrons. The molecule has 1 heterocycles. The first-order valence-electron chi connectivity index (χ1n) is 4.74. The average molecular weight is 252 g/mol. The van der Waals surface area contributed by atoms with E-state index in [1.54, 1.807) is 0 Å². The molecule has 18 heavy (non-hydrogen) atoms. The molecule has 0 N–H and O–H groups in total. The van der Waals surface area contributed by atoms with Crippen molar-refractivity contribution in [3.8, 4) is 17.2 Å². The third kappa shape index (κ3) is 1.91. The zero-order chi connectivity index (χ0) is 13.3. The van der Waals surface area contributed by atoms with E-state index in [1.165, 1.54) is 6.07 Å². The van der Waals surface area contributed by atoms with Crippen LogP contribution in [0.25, 0.3) is 11.1 Å². The predicted molar refractivity (Wildman–Crippen MR) is 54.2 cm³/mol.